The molecule has 1 N–H and O–H groups in total. The van der Waals surface area contributed by atoms with Crippen molar-refractivity contribution in [3.05, 3.63) is 39.7 Å². The first kappa shape index (κ1) is 12.6. The largest absolute Gasteiger partial charge is 0.313 e. The molecule has 0 unspecified atom stereocenters. The minimum atomic E-state index is -0.600. The molecule has 0 amide bonds. The SMILES string of the molecule is CCCCNCc1ccc([N+](=O)[O-])cc1F. The van der Waals surface area contributed by atoms with Crippen LogP contribution in [0, 0.1) is 15.9 Å². The number of unbranched alkanes of at least 4 members (excludes halogenated alkanes) is 1. The third-order valence-corrected chi connectivity index (χ3v) is 2.27. The fraction of sp³-hybridized carbons (Fsp3) is 0.455. The van der Waals surface area contributed by atoms with Crippen molar-refractivity contribution in [3.8, 4) is 0 Å². The highest BCUT2D eigenvalue weighted by Gasteiger charge is 2.09. The first-order valence-corrected chi connectivity index (χ1v) is 5.28. The van der Waals surface area contributed by atoms with Gasteiger partial charge in [-0.15, -0.1) is 0 Å². The van der Waals surface area contributed by atoms with E-state index in [1.54, 1.807) is 0 Å². The lowest BCUT2D eigenvalue weighted by molar-refractivity contribution is -0.385. The molecule has 0 heterocycles. The second kappa shape index (κ2) is 6.17. The van der Waals surface area contributed by atoms with Crippen LogP contribution in [0.25, 0.3) is 0 Å². The van der Waals surface area contributed by atoms with Crippen LogP contribution in [0.15, 0.2) is 18.2 Å². The maximum Gasteiger partial charge on any atom is 0.272 e. The fourth-order valence-electron chi connectivity index (χ4n) is 1.32. The number of non-ortho nitro benzene ring substituents is 1. The van der Waals surface area contributed by atoms with E-state index in [-0.39, 0.29) is 5.69 Å². The van der Waals surface area contributed by atoms with Crippen LogP contribution in [0.1, 0.15) is 25.3 Å². The van der Waals surface area contributed by atoms with Crippen LogP contribution in [-0.2, 0) is 6.54 Å². The number of rotatable bonds is 6. The molecular formula is C11H15FN2O2. The van der Waals surface area contributed by atoms with Gasteiger partial charge in [-0.05, 0) is 19.0 Å². The number of nitrogens with zero attached hydrogens (tertiary/aromatic N) is 1. The molecule has 16 heavy (non-hydrogen) atoms. The Morgan fingerprint density at radius 3 is 2.81 bits per heavy atom. The highest BCUT2D eigenvalue weighted by molar-refractivity contribution is 5.34. The number of nitro groups is 1. The van der Waals surface area contributed by atoms with E-state index >= 15 is 0 Å². The second-order valence-corrected chi connectivity index (χ2v) is 3.56. The first-order chi connectivity index (χ1) is 7.65. The van der Waals surface area contributed by atoms with E-state index in [1.807, 2.05) is 0 Å². The van der Waals surface area contributed by atoms with E-state index in [2.05, 4.69) is 12.2 Å². The maximum absolute atomic E-state index is 13.4. The van der Waals surface area contributed by atoms with Gasteiger partial charge in [-0.25, -0.2) is 4.39 Å². The molecule has 5 heteroatoms. The van der Waals surface area contributed by atoms with Crippen LogP contribution in [0.4, 0.5) is 10.1 Å². The quantitative estimate of drug-likeness (QED) is 0.461. The Labute approximate surface area is 93.6 Å². The lowest BCUT2D eigenvalue weighted by atomic mass is 10.2. The summed E-state index contributed by atoms with van der Waals surface area (Å²) in [7, 11) is 0. The van der Waals surface area contributed by atoms with Crippen molar-refractivity contribution in [2.75, 3.05) is 6.54 Å². The number of nitro benzene ring substituents is 1. The molecule has 0 aliphatic rings. The smallest absolute Gasteiger partial charge is 0.272 e. The van der Waals surface area contributed by atoms with E-state index in [0.29, 0.717) is 12.1 Å². The summed E-state index contributed by atoms with van der Waals surface area (Å²) in [5.74, 6) is -0.529. The zero-order valence-corrected chi connectivity index (χ0v) is 9.20. The molecule has 0 fully saturated rings. The molecule has 1 rings (SSSR count). The van der Waals surface area contributed by atoms with Crippen molar-refractivity contribution in [1.82, 2.24) is 5.32 Å². The molecule has 0 spiro atoms. The average Bonchev–Trinajstić information content (AvgIpc) is 2.26. The normalized spacial score (nSPS) is 10.4. The molecule has 1 aromatic rings. The standard InChI is InChI=1S/C11H15FN2O2/c1-2-3-6-13-8-9-4-5-10(14(15)16)7-11(9)12/h4-5,7,13H,2-3,6,8H2,1H3. The van der Waals surface area contributed by atoms with Crippen molar-refractivity contribution in [2.45, 2.75) is 26.3 Å². The lowest BCUT2D eigenvalue weighted by Gasteiger charge is -2.04. The molecule has 1 aromatic carbocycles. The van der Waals surface area contributed by atoms with Crippen molar-refractivity contribution < 1.29 is 9.31 Å². The number of hydrogen-bond acceptors (Lipinski definition) is 3. The van der Waals surface area contributed by atoms with Crippen molar-refractivity contribution in [1.29, 1.82) is 0 Å². The highest BCUT2D eigenvalue weighted by Crippen LogP contribution is 2.16. The lowest BCUT2D eigenvalue weighted by Crippen LogP contribution is -2.15. The van der Waals surface area contributed by atoms with Crippen LogP contribution in [0.5, 0.6) is 0 Å². The van der Waals surface area contributed by atoms with Gasteiger partial charge >= 0.3 is 0 Å². The highest BCUT2D eigenvalue weighted by atomic mass is 19.1. The summed E-state index contributed by atoms with van der Waals surface area (Å²) in [6, 6.07) is 3.73. The van der Waals surface area contributed by atoms with E-state index in [4.69, 9.17) is 0 Å². The number of benzene rings is 1. The van der Waals surface area contributed by atoms with E-state index in [9.17, 15) is 14.5 Å². The molecule has 88 valence electrons. The molecular weight excluding hydrogens is 211 g/mol. The average molecular weight is 226 g/mol. The predicted molar refractivity (Wildman–Crippen MR) is 59.7 cm³/mol. The Hall–Kier alpha value is -1.49. The Balaban J connectivity index is 2.57. The summed E-state index contributed by atoms with van der Waals surface area (Å²) in [5.41, 5.74) is 0.247. The predicted octanol–water partition coefficient (Wildman–Crippen LogP) is 2.62. The summed E-state index contributed by atoms with van der Waals surface area (Å²) >= 11 is 0. The van der Waals surface area contributed by atoms with Gasteiger partial charge in [-0.1, -0.05) is 13.3 Å². The number of hydrogen-bond donors (Lipinski definition) is 1. The molecule has 0 aliphatic carbocycles. The van der Waals surface area contributed by atoms with Gasteiger partial charge in [0.15, 0.2) is 0 Å². The molecule has 0 bridgehead atoms. The fourth-order valence-corrected chi connectivity index (χ4v) is 1.32. The van der Waals surface area contributed by atoms with Crippen LogP contribution < -0.4 is 5.32 Å². The topological polar surface area (TPSA) is 55.2 Å². The third kappa shape index (κ3) is 3.58. The van der Waals surface area contributed by atoms with Crippen LogP contribution in [-0.4, -0.2) is 11.5 Å². The summed E-state index contributed by atoms with van der Waals surface area (Å²) in [6.45, 7) is 3.31. The zero-order valence-electron chi connectivity index (χ0n) is 9.20. The van der Waals surface area contributed by atoms with Gasteiger partial charge in [0.2, 0.25) is 0 Å². The van der Waals surface area contributed by atoms with E-state index in [0.717, 1.165) is 25.5 Å². The van der Waals surface area contributed by atoms with Gasteiger partial charge in [-0.3, -0.25) is 10.1 Å². The molecule has 0 aromatic heterocycles. The van der Waals surface area contributed by atoms with Gasteiger partial charge in [0, 0.05) is 18.2 Å². The van der Waals surface area contributed by atoms with Crippen molar-refractivity contribution in [2.24, 2.45) is 0 Å². The summed E-state index contributed by atoms with van der Waals surface area (Å²) < 4.78 is 13.4. The van der Waals surface area contributed by atoms with Gasteiger partial charge in [0.05, 0.1) is 11.0 Å². The summed E-state index contributed by atoms with van der Waals surface area (Å²) in [6.07, 6.45) is 2.12. The molecule has 0 saturated heterocycles. The molecule has 0 aliphatic heterocycles. The van der Waals surface area contributed by atoms with Gasteiger partial charge in [0.1, 0.15) is 5.82 Å². The van der Waals surface area contributed by atoms with Gasteiger partial charge in [0.25, 0.3) is 5.69 Å². The number of halogens is 1. The summed E-state index contributed by atoms with van der Waals surface area (Å²) in [5, 5.41) is 13.5. The Morgan fingerprint density at radius 1 is 1.50 bits per heavy atom. The van der Waals surface area contributed by atoms with E-state index < -0.39 is 10.7 Å². The Morgan fingerprint density at radius 2 is 2.25 bits per heavy atom. The third-order valence-electron chi connectivity index (χ3n) is 2.27. The van der Waals surface area contributed by atoms with Crippen LogP contribution in [0.3, 0.4) is 0 Å². The maximum atomic E-state index is 13.4. The second-order valence-electron chi connectivity index (χ2n) is 3.56. The van der Waals surface area contributed by atoms with Gasteiger partial charge in [-0.2, -0.15) is 0 Å². The Bertz CT molecular complexity index is 369. The molecule has 4 nitrogen and oxygen atoms in total. The van der Waals surface area contributed by atoms with Crippen LogP contribution >= 0.6 is 0 Å². The van der Waals surface area contributed by atoms with E-state index in [1.165, 1.54) is 12.1 Å². The summed E-state index contributed by atoms with van der Waals surface area (Å²) in [4.78, 5) is 9.79. The molecule has 0 radical (unpaired) electrons. The minimum absolute atomic E-state index is 0.213. The monoisotopic (exact) mass is 226 g/mol. The minimum Gasteiger partial charge on any atom is -0.313 e. The van der Waals surface area contributed by atoms with Gasteiger partial charge < -0.3 is 5.32 Å². The molecule has 0 saturated carbocycles. The van der Waals surface area contributed by atoms with Crippen molar-refractivity contribution >= 4 is 5.69 Å². The zero-order chi connectivity index (χ0) is 12.0. The van der Waals surface area contributed by atoms with Crippen LogP contribution in [0.2, 0.25) is 0 Å². The van der Waals surface area contributed by atoms with Crippen molar-refractivity contribution in [3.63, 3.8) is 0 Å². The number of nitrogens with one attached hydrogen (secondary N) is 1. The molecule has 0 atom stereocenters. The first-order valence-electron chi connectivity index (χ1n) is 5.28. The Kier molecular flexibility index (Phi) is 4.85.